The van der Waals surface area contributed by atoms with Crippen LogP contribution in [0.2, 0.25) is 0 Å². The zero-order valence-electron chi connectivity index (χ0n) is 27.9. The lowest BCUT2D eigenvalue weighted by molar-refractivity contribution is -0.138. The molecule has 0 bridgehead atoms. The molecule has 0 unspecified atom stereocenters. The molecule has 0 spiro atoms. The summed E-state index contributed by atoms with van der Waals surface area (Å²) < 4.78 is 84.5. The molecule has 0 saturated heterocycles. The maximum Gasteiger partial charge on any atom is 0.416 e. The lowest BCUT2D eigenvalue weighted by atomic mass is 9.65. The lowest BCUT2D eigenvalue weighted by Gasteiger charge is -2.39. The van der Waals surface area contributed by atoms with Crippen molar-refractivity contribution in [3.8, 4) is 11.4 Å². The minimum absolute atomic E-state index is 0.282. The van der Waals surface area contributed by atoms with Crippen LogP contribution in [0.4, 0.5) is 26.3 Å². The van der Waals surface area contributed by atoms with Crippen molar-refractivity contribution in [1.82, 2.24) is 9.13 Å². The summed E-state index contributed by atoms with van der Waals surface area (Å²) in [6.07, 6.45) is -3.64. The van der Waals surface area contributed by atoms with E-state index >= 15 is 0 Å². The van der Waals surface area contributed by atoms with Crippen molar-refractivity contribution in [1.29, 1.82) is 0 Å². The van der Waals surface area contributed by atoms with E-state index < -0.39 is 23.5 Å². The van der Waals surface area contributed by atoms with Gasteiger partial charge >= 0.3 is 12.4 Å². The van der Waals surface area contributed by atoms with Crippen LogP contribution in [0, 0.1) is 0 Å². The number of nitrogens with zero attached hydrogens (tertiary/aromatic N) is 2. The van der Waals surface area contributed by atoms with Crippen molar-refractivity contribution in [3.63, 3.8) is 0 Å². The Balaban J connectivity index is 1.21. The molecular weight excluding hydrogens is 670 g/mol. The minimum Gasteiger partial charge on any atom is -0.309 e. The maximum absolute atomic E-state index is 13.4. The summed E-state index contributed by atoms with van der Waals surface area (Å²) in [5.41, 5.74) is 5.75. The van der Waals surface area contributed by atoms with Crippen LogP contribution in [0.1, 0.15) is 54.4 Å². The van der Waals surface area contributed by atoms with Crippen molar-refractivity contribution in [2.45, 2.75) is 49.9 Å². The van der Waals surface area contributed by atoms with Crippen LogP contribution in [0.3, 0.4) is 0 Å². The average molecular weight is 703 g/mol. The first kappa shape index (κ1) is 32.4. The molecule has 8 aromatic rings. The maximum atomic E-state index is 13.4. The molecule has 2 heterocycles. The van der Waals surface area contributed by atoms with E-state index in [1.807, 2.05) is 45.5 Å². The van der Waals surface area contributed by atoms with E-state index in [9.17, 15) is 26.3 Å². The molecule has 6 aromatic carbocycles. The molecule has 0 aliphatic heterocycles. The van der Waals surface area contributed by atoms with E-state index in [-0.39, 0.29) is 5.41 Å². The van der Waals surface area contributed by atoms with Gasteiger partial charge in [0.1, 0.15) is 0 Å². The Kier molecular flexibility index (Phi) is 7.33. The number of rotatable bonds is 4. The van der Waals surface area contributed by atoms with Gasteiger partial charge in [-0.3, -0.25) is 0 Å². The Morgan fingerprint density at radius 2 is 0.788 bits per heavy atom. The van der Waals surface area contributed by atoms with Crippen LogP contribution >= 0.6 is 0 Å². The fraction of sp³-hybridized carbons (Fsp3) is 0.182. The van der Waals surface area contributed by atoms with E-state index in [0.717, 1.165) is 100.0 Å². The highest BCUT2D eigenvalue weighted by atomic mass is 19.4. The van der Waals surface area contributed by atoms with Gasteiger partial charge in [0.05, 0.1) is 33.2 Å². The molecule has 1 saturated carbocycles. The predicted molar refractivity (Wildman–Crippen MR) is 195 cm³/mol. The number of para-hydroxylation sites is 2. The molecule has 0 N–H and O–H groups in total. The van der Waals surface area contributed by atoms with Gasteiger partial charge in [0.15, 0.2) is 0 Å². The molecule has 1 aliphatic carbocycles. The fourth-order valence-corrected chi connectivity index (χ4v) is 8.60. The van der Waals surface area contributed by atoms with E-state index in [1.54, 1.807) is 0 Å². The van der Waals surface area contributed by atoms with Crippen molar-refractivity contribution in [2.24, 2.45) is 0 Å². The normalized spacial score (nSPS) is 15.3. The molecule has 260 valence electrons. The first-order chi connectivity index (χ1) is 25.0. The zero-order valence-corrected chi connectivity index (χ0v) is 27.9. The quantitative estimate of drug-likeness (QED) is 0.162. The third-order valence-corrected chi connectivity index (χ3v) is 11.1. The van der Waals surface area contributed by atoms with Gasteiger partial charge in [-0.1, -0.05) is 67.8 Å². The lowest BCUT2D eigenvalue weighted by Crippen LogP contribution is -2.30. The molecule has 0 radical (unpaired) electrons. The van der Waals surface area contributed by atoms with Gasteiger partial charge in [-0.15, -0.1) is 0 Å². The fourth-order valence-electron chi connectivity index (χ4n) is 8.60. The van der Waals surface area contributed by atoms with Crippen LogP contribution in [-0.4, -0.2) is 9.13 Å². The minimum atomic E-state index is -4.41. The highest BCUT2D eigenvalue weighted by Crippen LogP contribution is 2.48. The number of fused-ring (bicyclic) bond motifs is 6. The van der Waals surface area contributed by atoms with Gasteiger partial charge in [0.25, 0.3) is 0 Å². The Hall–Kier alpha value is -5.50. The van der Waals surface area contributed by atoms with Gasteiger partial charge in [-0.05, 0) is 109 Å². The third kappa shape index (κ3) is 5.10. The Morgan fingerprint density at radius 1 is 0.404 bits per heavy atom. The Bertz CT molecular complexity index is 2440. The SMILES string of the molecule is FC(F)(F)c1ccc(-n2c3ccccc3c3cc(C4(c5ccc6c(c5)c5ccccc5n6-c5ccc(C(F)(F)F)cc5)CCCCC4)ccc32)cc1. The molecule has 8 heteroatoms. The van der Waals surface area contributed by atoms with Gasteiger partial charge < -0.3 is 9.13 Å². The van der Waals surface area contributed by atoms with Crippen LogP contribution in [0.15, 0.2) is 133 Å². The van der Waals surface area contributed by atoms with Crippen LogP contribution in [0.25, 0.3) is 55.0 Å². The predicted octanol–water partition coefficient (Wildman–Crippen LogP) is 13.2. The van der Waals surface area contributed by atoms with E-state index in [4.69, 9.17) is 0 Å². The van der Waals surface area contributed by atoms with E-state index in [0.29, 0.717) is 11.4 Å². The number of aromatic nitrogens is 2. The largest absolute Gasteiger partial charge is 0.416 e. The standard InChI is InChI=1S/C44H32F6N2/c45-43(46,47)28-12-18-32(19-13-28)51-38-10-4-2-8-34(38)36-26-30(16-22-40(36)51)42(24-6-1-7-25-42)31-17-23-41-37(27-31)35-9-3-5-11-39(35)52(41)33-20-14-29(15-21-33)44(48,49)50/h2-5,8-23,26-27H,1,6-7,24-25H2. The summed E-state index contributed by atoms with van der Waals surface area (Å²) in [4.78, 5) is 0. The van der Waals surface area contributed by atoms with Gasteiger partial charge in [0.2, 0.25) is 0 Å². The molecule has 2 aromatic heterocycles. The van der Waals surface area contributed by atoms with E-state index in [1.165, 1.54) is 35.4 Å². The highest BCUT2D eigenvalue weighted by molar-refractivity contribution is 6.10. The first-order valence-corrected chi connectivity index (χ1v) is 17.5. The monoisotopic (exact) mass is 702 g/mol. The molecule has 2 nitrogen and oxygen atoms in total. The van der Waals surface area contributed by atoms with Crippen LogP contribution in [-0.2, 0) is 17.8 Å². The van der Waals surface area contributed by atoms with Crippen molar-refractivity contribution < 1.29 is 26.3 Å². The average Bonchev–Trinajstić information content (AvgIpc) is 3.67. The number of hydrogen-bond acceptors (Lipinski definition) is 0. The van der Waals surface area contributed by atoms with Crippen molar-refractivity contribution >= 4 is 43.6 Å². The van der Waals surface area contributed by atoms with Gasteiger partial charge in [-0.25, -0.2) is 0 Å². The Morgan fingerprint density at radius 3 is 1.19 bits per heavy atom. The van der Waals surface area contributed by atoms with Crippen molar-refractivity contribution in [2.75, 3.05) is 0 Å². The third-order valence-electron chi connectivity index (χ3n) is 11.1. The number of halogens is 6. The second-order valence-corrected chi connectivity index (χ2v) is 13.9. The highest BCUT2D eigenvalue weighted by Gasteiger charge is 2.37. The molecule has 1 fully saturated rings. The summed E-state index contributed by atoms with van der Waals surface area (Å²) in [7, 11) is 0. The number of alkyl halides is 6. The second kappa shape index (κ2) is 11.8. The Labute approximate surface area is 295 Å². The summed E-state index contributed by atoms with van der Waals surface area (Å²) in [6.45, 7) is 0. The zero-order chi connectivity index (χ0) is 35.8. The first-order valence-electron chi connectivity index (χ1n) is 17.5. The summed E-state index contributed by atoms with van der Waals surface area (Å²) >= 11 is 0. The van der Waals surface area contributed by atoms with Crippen LogP contribution < -0.4 is 0 Å². The smallest absolute Gasteiger partial charge is 0.309 e. The van der Waals surface area contributed by atoms with Gasteiger partial charge in [0, 0.05) is 38.3 Å². The summed E-state index contributed by atoms with van der Waals surface area (Å²) in [5, 5.41) is 4.14. The molecule has 9 rings (SSSR count). The molecule has 0 amide bonds. The van der Waals surface area contributed by atoms with Gasteiger partial charge in [-0.2, -0.15) is 26.3 Å². The van der Waals surface area contributed by atoms with E-state index in [2.05, 4.69) is 48.5 Å². The second-order valence-electron chi connectivity index (χ2n) is 13.9. The molecule has 0 atom stereocenters. The summed E-state index contributed by atoms with van der Waals surface area (Å²) in [5.74, 6) is 0. The summed E-state index contributed by atoms with van der Waals surface area (Å²) in [6, 6.07) is 39.8. The molecule has 52 heavy (non-hydrogen) atoms. The van der Waals surface area contributed by atoms with Crippen LogP contribution in [0.5, 0.6) is 0 Å². The number of benzene rings is 6. The topological polar surface area (TPSA) is 9.86 Å². The molecule has 1 aliphatic rings. The molecular formula is C44H32F6N2. The number of hydrogen-bond donors (Lipinski definition) is 0. The van der Waals surface area contributed by atoms with Crippen molar-refractivity contribution in [3.05, 3.63) is 156 Å².